The third-order valence-electron chi connectivity index (χ3n) is 2.21. The van der Waals surface area contributed by atoms with E-state index in [1.54, 1.807) is 25.1 Å². The number of nitrogens with two attached hydrogens (primary N) is 1. The van der Waals surface area contributed by atoms with Gasteiger partial charge in [0.1, 0.15) is 5.75 Å². The molecule has 2 aromatic rings. The second-order valence-corrected chi connectivity index (χ2v) is 3.85. The van der Waals surface area contributed by atoms with Crippen LogP contribution in [0, 0.1) is 6.92 Å². The minimum Gasteiger partial charge on any atom is -0.485 e. The predicted octanol–water partition coefficient (Wildman–Crippen LogP) is 2.07. The highest BCUT2D eigenvalue weighted by Crippen LogP contribution is 2.26. The first-order chi connectivity index (χ1) is 8.20. The summed E-state index contributed by atoms with van der Waals surface area (Å²) in [5, 5.41) is 4.33. The Morgan fingerprint density at radius 2 is 2.29 bits per heavy atom. The second-order valence-electron chi connectivity index (χ2n) is 3.44. The number of benzene rings is 1. The van der Waals surface area contributed by atoms with E-state index in [0.29, 0.717) is 29.0 Å². The largest absolute Gasteiger partial charge is 0.485 e. The quantitative estimate of drug-likeness (QED) is 0.903. The van der Waals surface area contributed by atoms with E-state index < -0.39 is 0 Å². The van der Waals surface area contributed by atoms with Gasteiger partial charge in [0.2, 0.25) is 11.7 Å². The molecule has 2 rings (SSSR count). The Balaban J connectivity index is 2.11. The van der Waals surface area contributed by atoms with Crippen LogP contribution in [0.5, 0.6) is 5.75 Å². The van der Waals surface area contributed by atoms with Crippen molar-refractivity contribution in [3.05, 3.63) is 40.5 Å². The molecule has 0 aliphatic heterocycles. The molecule has 0 bridgehead atoms. The smallest absolute Gasteiger partial charge is 0.223 e. The summed E-state index contributed by atoms with van der Waals surface area (Å²) < 4.78 is 10.4. The molecule has 17 heavy (non-hydrogen) atoms. The van der Waals surface area contributed by atoms with Gasteiger partial charge in [0.25, 0.3) is 0 Å². The van der Waals surface area contributed by atoms with Crippen molar-refractivity contribution in [3.63, 3.8) is 0 Å². The Kier molecular flexibility index (Phi) is 3.61. The topological polar surface area (TPSA) is 74.2 Å². The molecular weight excluding hydrogens is 242 g/mol. The molecule has 2 N–H and O–H groups in total. The van der Waals surface area contributed by atoms with Gasteiger partial charge >= 0.3 is 0 Å². The Morgan fingerprint density at radius 1 is 1.47 bits per heavy atom. The molecule has 1 heterocycles. The Bertz CT molecular complexity index is 513. The highest BCUT2D eigenvalue weighted by atomic mass is 35.5. The SMILES string of the molecule is Cc1nc(COc2cccc(Cl)c2CN)no1. The lowest BCUT2D eigenvalue weighted by Gasteiger charge is -2.09. The first-order valence-corrected chi connectivity index (χ1v) is 5.48. The fourth-order valence-corrected chi connectivity index (χ4v) is 1.66. The van der Waals surface area contributed by atoms with Crippen LogP contribution in [-0.4, -0.2) is 10.1 Å². The van der Waals surface area contributed by atoms with Gasteiger partial charge < -0.3 is 15.0 Å². The minimum absolute atomic E-state index is 0.227. The average molecular weight is 254 g/mol. The van der Waals surface area contributed by atoms with E-state index in [9.17, 15) is 0 Å². The van der Waals surface area contributed by atoms with Gasteiger partial charge in [0, 0.05) is 24.1 Å². The van der Waals surface area contributed by atoms with Gasteiger partial charge in [-0.2, -0.15) is 4.98 Å². The summed E-state index contributed by atoms with van der Waals surface area (Å²) in [6.07, 6.45) is 0. The minimum atomic E-state index is 0.227. The zero-order valence-electron chi connectivity index (χ0n) is 9.31. The van der Waals surface area contributed by atoms with Gasteiger partial charge in [-0.25, -0.2) is 0 Å². The number of rotatable bonds is 4. The summed E-state index contributed by atoms with van der Waals surface area (Å²) >= 11 is 6.01. The number of aryl methyl sites for hydroxylation is 1. The molecule has 0 saturated heterocycles. The lowest BCUT2D eigenvalue weighted by Crippen LogP contribution is -2.04. The lowest BCUT2D eigenvalue weighted by molar-refractivity contribution is 0.283. The van der Waals surface area contributed by atoms with Crippen molar-refractivity contribution >= 4 is 11.6 Å². The molecule has 0 spiro atoms. The van der Waals surface area contributed by atoms with Gasteiger partial charge in [0.05, 0.1) is 0 Å². The Labute approximate surface area is 104 Å². The van der Waals surface area contributed by atoms with Crippen LogP contribution in [0.4, 0.5) is 0 Å². The van der Waals surface area contributed by atoms with Crippen molar-refractivity contribution in [1.29, 1.82) is 0 Å². The van der Waals surface area contributed by atoms with Crippen LogP contribution in [0.15, 0.2) is 22.7 Å². The van der Waals surface area contributed by atoms with E-state index in [4.69, 9.17) is 26.6 Å². The van der Waals surface area contributed by atoms with Crippen molar-refractivity contribution in [2.24, 2.45) is 5.73 Å². The average Bonchev–Trinajstić information content (AvgIpc) is 2.72. The molecule has 0 aliphatic carbocycles. The molecule has 0 aliphatic rings. The van der Waals surface area contributed by atoms with Crippen LogP contribution in [0.2, 0.25) is 5.02 Å². The molecule has 0 unspecified atom stereocenters. The van der Waals surface area contributed by atoms with Crippen molar-refractivity contribution < 1.29 is 9.26 Å². The molecule has 0 saturated carbocycles. The fraction of sp³-hybridized carbons (Fsp3) is 0.273. The maximum atomic E-state index is 6.01. The maximum absolute atomic E-state index is 6.01. The van der Waals surface area contributed by atoms with Crippen molar-refractivity contribution in [2.75, 3.05) is 0 Å². The Hall–Kier alpha value is -1.59. The van der Waals surface area contributed by atoms with Crippen LogP contribution in [0.1, 0.15) is 17.3 Å². The number of nitrogens with zero attached hydrogens (tertiary/aromatic N) is 2. The lowest BCUT2D eigenvalue weighted by atomic mass is 10.2. The zero-order valence-corrected chi connectivity index (χ0v) is 10.1. The van der Waals surface area contributed by atoms with E-state index in [1.807, 2.05) is 0 Å². The molecule has 6 heteroatoms. The summed E-state index contributed by atoms with van der Waals surface area (Å²) in [5.41, 5.74) is 6.38. The molecular formula is C11H12ClN3O2. The summed E-state index contributed by atoms with van der Waals surface area (Å²) in [6, 6.07) is 5.38. The molecule has 0 fully saturated rings. The number of hydrogen-bond acceptors (Lipinski definition) is 5. The summed E-state index contributed by atoms with van der Waals surface area (Å²) in [7, 11) is 0. The van der Waals surface area contributed by atoms with Crippen molar-refractivity contribution in [3.8, 4) is 5.75 Å². The van der Waals surface area contributed by atoms with Gasteiger partial charge in [-0.15, -0.1) is 0 Å². The molecule has 90 valence electrons. The van der Waals surface area contributed by atoms with E-state index in [2.05, 4.69) is 10.1 Å². The van der Waals surface area contributed by atoms with Crippen LogP contribution in [0.25, 0.3) is 0 Å². The normalized spacial score (nSPS) is 10.5. The number of halogens is 1. The van der Waals surface area contributed by atoms with Crippen LogP contribution in [-0.2, 0) is 13.2 Å². The van der Waals surface area contributed by atoms with Crippen LogP contribution < -0.4 is 10.5 Å². The van der Waals surface area contributed by atoms with E-state index in [1.165, 1.54) is 0 Å². The summed E-state index contributed by atoms with van der Waals surface area (Å²) in [4.78, 5) is 4.04. The highest BCUT2D eigenvalue weighted by molar-refractivity contribution is 6.31. The molecule has 1 aromatic heterocycles. The fourth-order valence-electron chi connectivity index (χ4n) is 1.41. The maximum Gasteiger partial charge on any atom is 0.223 e. The molecule has 0 radical (unpaired) electrons. The molecule has 5 nitrogen and oxygen atoms in total. The summed E-state index contributed by atoms with van der Waals surface area (Å²) in [5.74, 6) is 1.64. The first-order valence-electron chi connectivity index (χ1n) is 5.10. The summed E-state index contributed by atoms with van der Waals surface area (Å²) in [6.45, 7) is 2.27. The molecule has 0 atom stereocenters. The molecule has 0 amide bonds. The number of hydrogen-bond donors (Lipinski definition) is 1. The van der Waals surface area contributed by atoms with Gasteiger partial charge in [-0.1, -0.05) is 22.8 Å². The third-order valence-corrected chi connectivity index (χ3v) is 2.56. The second kappa shape index (κ2) is 5.16. The zero-order chi connectivity index (χ0) is 12.3. The number of ether oxygens (including phenoxy) is 1. The Morgan fingerprint density at radius 3 is 2.94 bits per heavy atom. The van der Waals surface area contributed by atoms with E-state index >= 15 is 0 Å². The predicted molar refractivity (Wildman–Crippen MR) is 62.7 cm³/mol. The van der Waals surface area contributed by atoms with Gasteiger partial charge in [-0.3, -0.25) is 0 Å². The molecule has 1 aromatic carbocycles. The van der Waals surface area contributed by atoms with E-state index in [0.717, 1.165) is 5.56 Å². The van der Waals surface area contributed by atoms with Crippen LogP contribution in [0.3, 0.4) is 0 Å². The van der Waals surface area contributed by atoms with Crippen molar-refractivity contribution in [1.82, 2.24) is 10.1 Å². The van der Waals surface area contributed by atoms with Gasteiger partial charge in [-0.05, 0) is 12.1 Å². The van der Waals surface area contributed by atoms with Crippen molar-refractivity contribution in [2.45, 2.75) is 20.1 Å². The monoisotopic (exact) mass is 253 g/mol. The number of aromatic nitrogens is 2. The van der Waals surface area contributed by atoms with E-state index in [-0.39, 0.29) is 6.61 Å². The van der Waals surface area contributed by atoms with Gasteiger partial charge in [0.15, 0.2) is 6.61 Å². The first kappa shape index (κ1) is 11.9. The standard InChI is InChI=1S/C11H12ClN3O2/c1-7-14-11(15-17-7)6-16-10-4-2-3-9(12)8(10)5-13/h2-4H,5-6,13H2,1H3. The van der Waals surface area contributed by atoms with Crippen LogP contribution >= 0.6 is 11.6 Å². The third kappa shape index (κ3) is 2.75. The highest BCUT2D eigenvalue weighted by Gasteiger charge is 2.08.